The van der Waals surface area contributed by atoms with E-state index in [0.29, 0.717) is 25.2 Å². The Labute approximate surface area is 152 Å². The molecule has 1 atom stereocenters. The van der Waals surface area contributed by atoms with Crippen molar-refractivity contribution in [2.24, 2.45) is 0 Å². The first-order valence-electron chi connectivity index (χ1n) is 8.58. The van der Waals surface area contributed by atoms with E-state index in [-0.39, 0.29) is 17.4 Å². The lowest BCUT2D eigenvalue weighted by atomic mass is 10.1. The summed E-state index contributed by atoms with van der Waals surface area (Å²) >= 11 is 0. The van der Waals surface area contributed by atoms with Crippen LogP contribution in [0.2, 0.25) is 0 Å². The zero-order valence-corrected chi connectivity index (χ0v) is 15.4. The standard InChI is InChI=1S/C19H22F2N2O2S/c1-14-8-9-18(21)19(11-14)23-10-4-6-16(12-23)22-26(24,25)13-15-5-2-3-7-17(15)20/h2-3,5,7-9,11,16,22H,4,6,10,12-13H2,1H3. The van der Waals surface area contributed by atoms with E-state index in [2.05, 4.69) is 4.72 Å². The molecule has 0 radical (unpaired) electrons. The number of nitrogens with one attached hydrogen (secondary N) is 1. The van der Waals surface area contributed by atoms with Gasteiger partial charge in [0.2, 0.25) is 10.0 Å². The van der Waals surface area contributed by atoms with Gasteiger partial charge in [-0.1, -0.05) is 24.3 Å². The van der Waals surface area contributed by atoms with Crippen LogP contribution >= 0.6 is 0 Å². The topological polar surface area (TPSA) is 49.4 Å². The summed E-state index contributed by atoms with van der Waals surface area (Å²) in [6.07, 6.45) is 1.42. The molecule has 2 aromatic carbocycles. The molecule has 7 heteroatoms. The third-order valence-electron chi connectivity index (χ3n) is 4.51. The van der Waals surface area contributed by atoms with Crippen molar-refractivity contribution in [1.82, 2.24) is 4.72 Å². The van der Waals surface area contributed by atoms with Gasteiger partial charge in [0.15, 0.2) is 0 Å². The van der Waals surface area contributed by atoms with Crippen molar-refractivity contribution in [1.29, 1.82) is 0 Å². The maximum absolute atomic E-state index is 14.1. The molecule has 140 valence electrons. The van der Waals surface area contributed by atoms with Crippen LogP contribution < -0.4 is 9.62 Å². The van der Waals surface area contributed by atoms with Crippen LogP contribution in [0.25, 0.3) is 0 Å². The number of piperidine rings is 1. The van der Waals surface area contributed by atoms with Gasteiger partial charge in [0, 0.05) is 24.7 Å². The van der Waals surface area contributed by atoms with Crippen molar-refractivity contribution in [2.45, 2.75) is 31.6 Å². The number of hydrogen-bond donors (Lipinski definition) is 1. The van der Waals surface area contributed by atoms with Gasteiger partial charge in [0.1, 0.15) is 11.6 Å². The molecule has 1 saturated heterocycles. The molecule has 3 rings (SSSR count). The monoisotopic (exact) mass is 380 g/mol. The third-order valence-corrected chi connectivity index (χ3v) is 5.90. The Kier molecular flexibility index (Phi) is 5.58. The van der Waals surface area contributed by atoms with Crippen LogP contribution in [0, 0.1) is 18.6 Å². The molecule has 0 aliphatic carbocycles. The molecule has 1 heterocycles. The molecule has 0 spiro atoms. The van der Waals surface area contributed by atoms with Crippen LogP contribution in [0.15, 0.2) is 42.5 Å². The highest BCUT2D eigenvalue weighted by molar-refractivity contribution is 7.88. The smallest absolute Gasteiger partial charge is 0.216 e. The lowest BCUT2D eigenvalue weighted by Gasteiger charge is -2.35. The van der Waals surface area contributed by atoms with E-state index < -0.39 is 21.6 Å². The first-order chi connectivity index (χ1) is 12.3. The fourth-order valence-electron chi connectivity index (χ4n) is 3.27. The van der Waals surface area contributed by atoms with E-state index in [4.69, 9.17) is 0 Å². The Bertz CT molecular complexity index is 887. The maximum Gasteiger partial charge on any atom is 0.216 e. The van der Waals surface area contributed by atoms with Crippen LogP contribution in [0.3, 0.4) is 0 Å². The van der Waals surface area contributed by atoms with Crippen molar-refractivity contribution in [3.8, 4) is 0 Å². The average Bonchev–Trinajstić information content (AvgIpc) is 2.59. The Morgan fingerprint density at radius 3 is 2.69 bits per heavy atom. The third kappa shape index (κ3) is 4.59. The molecule has 1 unspecified atom stereocenters. The molecular weight excluding hydrogens is 358 g/mol. The van der Waals surface area contributed by atoms with Crippen LogP contribution in [-0.2, 0) is 15.8 Å². The normalized spacial score (nSPS) is 18.1. The van der Waals surface area contributed by atoms with E-state index in [1.54, 1.807) is 18.2 Å². The van der Waals surface area contributed by atoms with Crippen LogP contribution in [-0.4, -0.2) is 27.5 Å². The van der Waals surface area contributed by atoms with E-state index >= 15 is 0 Å². The second-order valence-corrected chi connectivity index (χ2v) is 8.46. The molecule has 0 bridgehead atoms. The number of aryl methyl sites for hydroxylation is 1. The minimum absolute atomic E-state index is 0.136. The van der Waals surface area contributed by atoms with Gasteiger partial charge in [0.25, 0.3) is 0 Å². The molecule has 0 aromatic heterocycles. The number of nitrogens with zero attached hydrogens (tertiary/aromatic N) is 1. The number of rotatable bonds is 5. The van der Waals surface area contributed by atoms with Gasteiger partial charge in [-0.3, -0.25) is 0 Å². The zero-order chi connectivity index (χ0) is 18.7. The molecule has 4 nitrogen and oxygen atoms in total. The molecule has 0 amide bonds. The first-order valence-corrected chi connectivity index (χ1v) is 10.2. The summed E-state index contributed by atoms with van der Waals surface area (Å²) in [4.78, 5) is 1.86. The highest BCUT2D eigenvalue weighted by Crippen LogP contribution is 2.25. The fraction of sp³-hybridized carbons (Fsp3) is 0.368. The molecule has 0 saturated carbocycles. The van der Waals surface area contributed by atoms with Crippen LogP contribution in [0.1, 0.15) is 24.0 Å². The Balaban J connectivity index is 1.70. The van der Waals surface area contributed by atoms with Gasteiger partial charge in [-0.2, -0.15) is 0 Å². The predicted octanol–water partition coefficient (Wildman–Crippen LogP) is 3.36. The van der Waals surface area contributed by atoms with Crippen LogP contribution in [0.5, 0.6) is 0 Å². The molecular formula is C19H22F2N2O2S. The minimum Gasteiger partial charge on any atom is -0.368 e. The number of hydrogen-bond acceptors (Lipinski definition) is 3. The van der Waals surface area contributed by atoms with Crippen molar-refractivity contribution >= 4 is 15.7 Å². The van der Waals surface area contributed by atoms with Crippen molar-refractivity contribution in [2.75, 3.05) is 18.0 Å². The second-order valence-electron chi connectivity index (χ2n) is 6.71. The summed E-state index contributed by atoms with van der Waals surface area (Å²) < 4.78 is 55.3. The van der Waals surface area contributed by atoms with E-state index in [1.165, 1.54) is 24.3 Å². The molecule has 1 aliphatic rings. The fourth-order valence-corrected chi connectivity index (χ4v) is 4.70. The van der Waals surface area contributed by atoms with Gasteiger partial charge < -0.3 is 4.90 Å². The number of halogens is 2. The summed E-state index contributed by atoms with van der Waals surface area (Å²) in [5.74, 6) is -1.26. The minimum atomic E-state index is -3.69. The lowest BCUT2D eigenvalue weighted by molar-refractivity contribution is 0.461. The molecule has 1 fully saturated rings. The van der Waals surface area contributed by atoms with Gasteiger partial charge in [0.05, 0.1) is 11.4 Å². The number of anilines is 1. The summed E-state index contributed by atoms with van der Waals surface area (Å²) in [5, 5.41) is 0. The van der Waals surface area contributed by atoms with Crippen LogP contribution in [0.4, 0.5) is 14.5 Å². The Hall–Kier alpha value is -1.99. The van der Waals surface area contributed by atoms with Crippen molar-refractivity contribution in [3.05, 3.63) is 65.2 Å². The highest BCUT2D eigenvalue weighted by atomic mass is 32.2. The summed E-state index contributed by atoms with van der Waals surface area (Å²) in [5.41, 5.74) is 1.57. The van der Waals surface area contributed by atoms with Gasteiger partial charge in [-0.15, -0.1) is 0 Å². The first kappa shape index (κ1) is 18.8. The SMILES string of the molecule is Cc1ccc(F)c(N2CCCC(NS(=O)(=O)Cc3ccccc3F)C2)c1. The lowest BCUT2D eigenvalue weighted by Crippen LogP contribution is -2.48. The van der Waals surface area contributed by atoms with E-state index in [9.17, 15) is 17.2 Å². The van der Waals surface area contributed by atoms with Crippen molar-refractivity contribution < 1.29 is 17.2 Å². The van der Waals surface area contributed by atoms with Gasteiger partial charge in [-0.25, -0.2) is 21.9 Å². The molecule has 26 heavy (non-hydrogen) atoms. The van der Waals surface area contributed by atoms with E-state index in [0.717, 1.165) is 12.0 Å². The maximum atomic E-state index is 14.1. The number of benzene rings is 2. The van der Waals surface area contributed by atoms with Gasteiger partial charge in [-0.05, 0) is 43.5 Å². The largest absolute Gasteiger partial charge is 0.368 e. The summed E-state index contributed by atoms with van der Waals surface area (Å²) in [7, 11) is -3.69. The average molecular weight is 380 g/mol. The molecule has 1 aliphatic heterocycles. The number of sulfonamides is 1. The van der Waals surface area contributed by atoms with Crippen molar-refractivity contribution in [3.63, 3.8) is 0 Å². The zero-order valence-electron chi connectivity index (χ0n) is 14.6. The Morgan fingerprint density at radius 1 is 1.15 bits per heavy atom. The highest BCUT2D eigenvalue weighted by Gasteiger charge is 2.26. The van der Waals surface area contributed by atoms with E-state index in [1.807, 2.05) is 11.8 Å². The predicted molar refractivity (Wildman–Crippen MR) is 98.5 cm³/mol. The summed E-state index contributed by atoms with van der Waals surface area (Å²) in [6.45, 7) is 2.95. The second kappa shape index (κ2) is 7.72. The van der Waals surface area contributed by atoms with Gasteiger partial charge >= 0.3 is 0 Å². The molecule has 2 aromatic rings. The molecule has 1 N–H and O–H groups in total. The summed E-state index contributed by atoms with van der Waals surface area (Å²) in [6, 6.07) is 10.4. The Morgan fingerprint density at radius 2 is 1.92 bits per heavy atom. The quantitative estimate of drug-likeness (QED) is 0.865.